The van der Waals surface area contributed by atoms with Gasteiger partial charge in [-0.2, -0.15) is 0 Å². The number of rotatable bonds is 7. The maximum absolute atomic E-state index is 13.4. The van der Waals surface area contributed by atoms with E-state index in [0.717, 1.165) is 41.9 Å². The third kappa shape index (κ3) is 5.64. The van der Waals surface area contributed by atoms with Gasteiger partial charge in [-0.05, 0) is 42.6 Å². The largest absolute Gasteiger partial charge is 0.411 e. The van der Waals surface area contributed by atoms with Gasteiger partial charge < -0.3 is 10.1 Å². The summed E-state index contributed by atoms with van der Waals surface area (Å²) in [7, 11) is 2.13. The molecule has 0 spiro atoms. The third-order valence-electron chi connectivity index (χ3n) is 4.99. The van der Waals surface area contributed by atoms with E-state index in [9.17, 15) is 9.60 Å². The first-order valence-corrected chi connectivity index (χ1v) is 10.4. The minimum Gasteiger partial charge on any atom is -0.411 e. The lowest BCUT2D eigenvalue weighted by Gasteiger charge is -2.26. The highest BCUT2D eigenvalue weighted by atomic mass is 35.5. The normalized spacial score (nSPS) is 14.2. The molecule has 1 aliphatic rings. The molecule has 0 unspecified atom stereocenters. The molecule has 160 valence electrons. The molecule has 1 aromatic heterocycles. The number of pyridine rings is 1. The molecular formula is C23H28ClFN4O. The summed E-state index contributed by atoms with van der Waals surface area (Å²) in [6.45, 7) is 8.62. The zero-order valence-electron chi connectivity index (χ0n) is 17.9. The van der Waals surface area contributed by atoms with Gasteiger partial charge in [-0.1, -0.05) is 43.6 Å². The van der Waals surface area contributed by atoms with Crippen molar-refractivity contribution in [2.45, 2.75) is 40.0 Å². The number of aliphatic imine (C=N–C) groups is 1. The fourth-order valence-electron chi connectivity index (χ4n) is 3.80. The Labute approximate surface area is 182 Å². The second kappa shape index (κ2) is 9.23. The predicted molar refractivity (Wildman–Crippen MR) is 120 cm³/mol. The van der Waals surface area contributed by atoms with E-state index >= 15 is 0 Å². The molecule has 7 heteroatoms. The van der Waals surface area contributed by atoms with E-state index in [0.29, 0.717) is 24.4 Å². The Morgan fingerprint density at radius 2 is 2.07 bits per heavy atom. The number of hydrogen-bond acceptors (Lipinski definition) is 5. The molecule has 1 N–H and O–H groups in total. The zero-order chi connectivity index (χ0) is 21.9. The number of hydrogen-bond donors (Lipinski definition) is 1. The fraction of sp³-hybridized carbons (Fsp3) is 0.435. The Balaban J connectivity index is 1.71. The summed E-state index contributed by atoms with van der Waals surface area (Å²) in [6.07, 6.45) is 3.55. The standard InChI is InChI=1S/C23H28ClFN4O/c1-23(2,3)14-29(4)10-8-16-13-18-17(7-9-26-22(18)27-16)21(28-30)12-15-5-6-20(25)19(24)11-15/h5-7,9,11,30H,8,10,12-14H2,1-4H3/b28-21+. The topological polar surface area (TPSA) is 61.1 Å². The molecule has 0 saturated heterocycles. The average molecular weight is 431 g/mol. The highest BCUT2D eigenvalue weighted by Crippen LogP contribution is 2.30. The molecule has 0 saturated carbocycles. The second-order valence-corrected chi connectivity index (χ2v) is 9.44. The molecule has 2 aromatic rings. The lowest BCUT2D eigenvalue weighted by Crippen LogP contribution is -2.31. The maximum atomic E-state index is 13.4. The van der Waals surface area contributed by atoms with E-state index in [2.05, 4.69) is 42.9 Å². The van der Waals surface area contributed by atoms with Crippen LogP contribution in [0.2, 0.25) is 5.02 Å². The highest BCUT2D eigenvalue weighted by Gasteiger charge is 2.23. The number of fused-ring (bicyclic) bond motifs is 1. The molecule has 2 heterocycles. The number of nitrogens with zero attached hydrogens (tertiary/aromatic N) is 4. The molecule has 0 atom stereocenters. The monoisotopic (exact) mass is 430 g/mol. The van der Waals surface area contributed by atoms with Crippen molar-refractivity contribution in [3.63, 3.8) is 0 Å². The molecule has 0 amide bonds. The first-order valence-electron chi connectivity index (χ1n) is 10.0. The van der Waals surface area contributed by atoms with Gasteiger partial charge >= 0.3 is 0 Å². The fourth-order valence-corrected chi connectivity index (χ4v) is 4.00. The number of aromatic nitrogens is 1. The van der Waals surface area contributed by atoms with Crippen LogP contribution in [0.5, 0.6) is 0 Å². The first-order chi connectivity index (χ1) is 14.2. The van der Waals surface area contributed by atoms with Crippen molar-refractivity contribution in [3.8, 4) is 0 Å². The molecule has 3 rings (SSSR count). The quantitative estimate of drug-likeness (QED) is 0.368. The molecule has 1 aromatic carbocycles. The van der Waals surface area contributed by atoms with Crippen molar-refractivity contribution < 1.29 is 9.60 Å². The molecule has 5 nitrogen and oxygen atoms in total. The molecular weight excluding hydrogens is 403 g/mol. The van der Waals surface area contributed by atoms with Gasteiger partial charge in [0.25, 0.3) is 0 Å². The predicted octanol–water partition coefficient (Wildman–Crippen LogP) is 5.29. The summed E-state index contributed by atoms with van der Waals surface area (Å²) in [6, 6.07) is 6.35. The van der Waals surface area contributed by atoms with Crippen LogP contribution in [0.1, 0.15) is 43.9 Å². The van der Waals surface area contributed by atoms with Crippen LogP contribution >= 0.6 is 11.6 Å². The summed E-state index contributed by atoms with van der Waals surface area (Å²) in [5, 5.41) is 13.2. The van der Waals surface area contributed by atoms with Gasteiger partial charge in [-0.25, -0.2) is 14.4 Å². The minimum absolute atomic E-state index is 0.0507. The second-order valence-electron chi connectivity index (χ2n) is 9.04. The Bertz CT molecular complexity index is 982. The van der Waals surface area contributed by atoms with Crippen LogP contribution in [0.25, 0.3) is 0 Å². The lowest BCUT2D eigenvalue weighted by atomic mass is 9.95. The van der Waals surface area contributed by atoms with Crippen LogP contribution in [0.15, 0.2) is 40.6 Å². The summed E-state index contributed by atoms with van der Waals surface area (Å²) in [5.41, 5.74) is 4.35. The Hall–Kier alpha value is -2.31. The lowest BCUT2D eigenvalue weighted by molar-refractivity contribution is 0.231. The van der Waals surface area contributed by atoms with Gasteiger partial charge in [-0.3, -0.25) is 0 Å². The van der Waals surface area contributed by atoms with Crippen LogP contribution in [0, 0.1) is 11.2 Å². The van der Waals surface area contributed by atoms with Crippen molar-refractivity contribution in [1.82, 2.24) is 9.88 Å². The Kier molecular flexibility index (Phi) is 6.88. The van der Waals surface area contributed by atoms with E-state index in [1.807, 2.05) is 6.07 Å². The Morgan fingerprint density at radius 1 is 1.30 bits per heavy atom. The summed E-state index contributed by atoms with van der Waals surface area (Å²) in [5.74, 6) is 0.210. The van der Waals surface area contributed by atoms with Gasteiger partial charge in [0, 0.05) is 49.0 Å². The van der Waals surface area contributed by atoms with Crippen LogP contribution in [-0.2, 0) is 12.8 Å². The minimum atomic E-state index is -0.470. The van der Waals surface area contributed by atoms with Crippen molar-refractivity contribution in [2.75, 3.05) is 20.1 Å². The summed E-state index contributed by atoms with van der Waals surface area (Å²) >= 11 is 5.89. The highest BCUT2D eigenvalue weighted by molar-refractivity contribution is 6.30. The molecule has 1 aliphatic heterocycles. The van der Waals surface area contributed by atoms with E-state index < -0.39 is 5.82 Å². The van der Waals surface area contributed by atoms with E-state index in [1.54, 1.807) is 18.3 Å². The Morgan fingerprint density at radius 3 is 2.73 bits per heavy atom. The van der Waals surface area contributed by atoms with Crippen molar-refractivity contribution in [1.29, 1.82) is 0 Å². The molecule has 0 bridgehead atoms. The zero-order valence-corrected chi connectivity index (χ0v) is 18.7. The maximum Gasteiger partial charge on any atom is 0.155 e. The molecule has 0 aliphatic carbocycles. The summed E-state index contributed by atoms with van der Waals surface area (Å²) in [4.78, 5) is 11.4. The van der Waals surface area contributed by atoms with E-state index in [4.69, 9.17) is 16.6 Å². The molecule has 30 heavy (non-hydrogen) atoms. The van der Waals surface area contributed by atoms with Gasteiger partial charge in [0.05, 0.1) is 10.7 Å². The average Bonchev–Trinajstić information content (AvgIpc) is 3.09. The van der Waals surface area contributed by atoms with Gasteiger partial charge in [0.15, 0.2) is 5.82 Å². The molecule has 0 radical (unpaired) electrons. The smallest absolute Gasteiger partial charge is 0.155 e. The number of halogens is 2. The van der Waals surface area contributed by atoms with Gasteiger partial charge in [-0.15, -0.1) is 0 Å². The summed E-state index contributed by atoms with van der Waals surface area (Å²) < 4.78 is 13.4. The van der Waals surface area contributed by atoms with Gasteiger partial charge in [0.2, 0.25) is 0 Å². The number of oxime groups is 1. The van der Waals surface area contributed by atoms with E-state index in [1.165, 1.54) is 6.07 Å². The van der Waals surface area contributed by atoms with Crippen LogP contribution in [-0.4, -0.2) is 46.7 Å². The van der Waals surface area contributed by atoms with Crippen molar-refractivity contribution >= 4 is 28.8 Å². The van der Waals surface area contributed by atoms with E-state index in [-0.39, 0.29) is 10.4 Å². The van der Waals surface area contributed by atoms with Gasteiger partial charge in [0.1, 0.15) is 5.82 Å². The first kappa shape index (κ1) is 22.4. The SMILES string of the molecule is CN(CCC1=Nc2nccc(/C(Cc3ccc(F)c(Cl)c3)=N/O)c2C1)CC(C)(C)C. The van der Waals surface area contributed by atoms with Crippen molar-refractivity contribution in [3.05, 3.63) is 58.0 Å². The van der Waals surface area contributed by atoms with Crippen molar-refractivity contribution in [2.24, 2.45) is 15.6 Å². The van der Waals surface area contributed by atoms with Crippen LogP contribution in [0.4, 0.5) is 10.2 Å². The number of benzene rings is 1. The van der Waals surface area contributed by atoms with Crippen LogP contribution < -0.4 is 0 Å². The third-order valence-corrected chi connectivity index (χ3v) is 5.28. The van der Waals surface area contributed by atoms with Crippen LogP contribution in [0.3, 0.4) is 0 Å². The molecule has 0 fully saturated rings.